The van der Waals surface area contributed by atoms with Gasteiger partial charge in [0.1, 0.15) is 0 Å². The van der Waals surface area contributed by atoms with Crippen LogP contribution in [0.25, 0.3) is 6.08 Å². The summed E-state index contributed by atoms with van der Waals surface area (Å²) in [5, 5.41) is 0.780. The van der Waals surface area contributed by atoms with Gasteiger partial charge in [0.15, 0.2) is 0 Å². The van der Waals surface area contributed by atoms with Crippen molar-refractivity contribution in [2.75, 3.05) is 11.3 Å². The van der Waals surface area contributed by atoms with Crippen LogP contribution in [-0.2, 0) is 0 Å². The second kappa shape index (κ2) is 7.49. The highest BCUT2D eigenvalue weighted by atomic mass is 32.2. The zero-order valence-corrected chi connectivity index (χ0v) is 11.6. The minimum atomic E-state index is 0.592. The van der Waals surface area contributed by atoms with Gasteiger partial charge in [0.2, 0.25) is 0 Å². The number of nitrogens with one attached hydrogen (secondary N) is 1. The zero-order chi connectivity index (χ0) is 12.6. The molecular weight excluding hydrogens is 240 g/mol. The highest BCUT2D eigenvalue weighted by Crippen LogP contribution is 2.29. The first-order chi connectivity index (χ1) is 8.88. The fourth-order valence-electron chi connectivity index (χ4n) is 2.24. The predicted molar refractivity (Wildman–Crippen MR) is 82.6 cm³/mol. The van der Waals surface area contributed by atoms with Crippen molar-refractivity contribution in [3.63, 3.8) is 0 Å². The summed E-state index contributed by atoms with van der Waals surface area (Å²) in [5.41, 5.74) is 7.85. The highest BCUT2D eigenvalue weighted by molar-refractivity contribution is 8.01. The van der Waals surface area contributed by atoms with E-state index in [1.807, 2.05) is 18.0 Å². The van der Waals surface area contributed by atoms with Crippen molar-refractivity contribution in [1.82, 2.24) is 0 Å². The molecule has 0 bridgehead atoms. The van der Waals surface area contributed by atoms with Gasteiger partial charge in [-0.1, -0.05) is 43.5 Å². The van der Waals surface area contributed by atoms with Gasteiger partial charge in [-0.3, -0.25) is 0 Å². The summed E-state index contributed by atoms with van der Waals surface area (Å²) in [6.07, 6.45) is 10.9. The second-order valence-corrected chi connectivity index (χ2v) is 5.85. The maximum Gasteiger partial charge on any atom is 0.0446 e. The lowest BCUT2D eigenvalue weighted by Gasteiger charge is -2.21. The van der Waals surface area contributed by atoms with Gasteiger partial charge >= 0.3 is 0 Å². The minimum absolute atomic E-state index is 0.592. The van der Waals surface area contributed by atoms with E-state index in [0.717, 1.165) is 5.25 Å². The Morgan fingerprint density at radius 1 is 1.28 bits per heavy atom. The summed E-state index contributed by atoms with van der Waals surface area (Å²) in [7, 11) is 0. The fourth-order valence-corrected chi connectivity index (χ4v) is 3.24. The largest absolute Gasteiger partial charge is 0.330 e. The summed E-state index contributed by atoms with van der Waals surface area (Å²) >= 11 is 1.88. The van der Waals surface area contributed by atoms with Crippen molar-refractivity contribution >= 4 is 23.7 Å². The predicted octanol–water partition coefficient (Wildman–Crippen LogP) is 4.05. The molecule has 0 saturated heterocycles. The van der Waals surface area contributed by atoms with E-state index in [4.69, 9.17) is 5.73 Å². The molecule has 3 heteroatoms. The van der Waals surface area contributed by atoms with Crippen LogP contribution < -0.4 is 10.5 Å². The van der Waals surface area contributed by atoms with Crippen molar-refractivity contribution in [2.24, 2.45) is 5.73 Å². The molecule has 3 N–H and O–H groups in total. The molecule has 1 aliphatic rings. The Morgan fingerprint density at radius 3 is 2.89 bits per heavy atom. The van der Waals surface area contributed by atoms with Gasteiger partial charge in [-0.05, 0) is 42.5 Å². The lowest BCUT2D eigenvalue weighted by Crippen LogP contribution is -2.10. The number of rotatable bonds is 5. The number of nitrogens with two attached hydrogens (primary N) is 1. The highest BCUT2D eigenvalue weighted by Gasteiger charge is 2.13. The Morgan fingerprint density at radius 2 is 2.11 bits per heavy atom. The SMILES string of the molecule is NC/C=C/c1cccc(NSC2CCCCC2)c1. The molecule has 0 aromatic heterocycles. The van der Waals surface area contributed by atoms with Crippen LogP contribution in [0.5, 0.6) is 0 Å². The number of benzene rings is 1. The van der Waals surface area contributed by atoms with E-state index in [9.17, 15) is 0 Å². The smallest absolute Gasteiger partial charge is 0.0446 e. The average Bonchev–Trinajstić information content (AvgIpc) is 2.44. The van der Waals surface area contributed by atoms with Crippen LogP contribution in [0.2, 0.25) is 0 Å². The normalized spacial score (nSPS) is 17.2. The fraction of sp³-hybridized carbons (Fsp3) is 0.467. The lowest BCUT2D eigenvalue weighted by atomic mass is 10.0. The number of hydrogen-bond acceptors (Lipinski definition) is 3. The molecule has 0 unspecified atom stereocenters. The molecule has 0 radical (unpaired) electrons. The van der Waals surface area contributed by atoms with Gasteiger partial charge in [0.05, 0.1) is 0 Å². The molecule has 1 aromatic rings. The molecule has 2 rings (SSSR count). The van der Waals surface area contributed by atoms with E-state index in [1.54, 1.807) is 0 Å². The van der Waals surface area contributed by atoms with E-state index >= 15 is 0 Å². The molecule has 98 valence electrons. The van der Waals surface area contributed by atoms with Crippen LogP contribution in [0.1, 0.15) is 37.7 Å². The third-order valence-corrected chi connectivity index (χ3v) is 4.39. The monoisotopic (exact) mass is 262 g/mol. The molecule has 0 atom stereocenters. The molecule has 18 heavy (non-hydrogen) atoms. The van der Waals surface area contributed by atoms with Gasteiger partial charge in [-0.25, -0.2) is 0 Å². The molecule has 0 spiro atoms. The van der Waals surface area contributed by atoms with Crippen LogP contribution in [0, 0.1) is 0 Å². The van der Waals surface area contributed by atoms with Crippen LogP contribution in [0.3, 0.4) is 0 Å². The topological polar surface area (TPSA) is 38.0 Å². The van der Waals surface area contributed by atoms with Gasteiger partial charge in [-0.2, -0.15) is 0 Å². The molecule has 0 aliphatic heterocycles. The molecule has 1 saturated carbocycles. The molecule has 2 nitrogen and oxygen atoms in total. The van der Waals surface area contributed by atoms with E-state index in [1.165, 1.54) is 43.4 Å². The average molecular weight is 262 g/mol. The summed E-state index contributed by atoms with van der Waals surface area (Å²) in [4.78, 5) is 0. The first-order valence-corrected chi connectivity index (χ1v) is 7.65. The van der Waals surface area contributed by atoms with Crippen LogP contribution in [-0.4, -0.2) is 11.8 Å². The standard InChI is InChI=1S/C15H22N2S/c16-11-5-7-13-6-4-8-14(12-13)17-18-15-9-2-1-3-10-15/h4-8,12,15,17H,1-3,9-11,16H2/b7-5+. The lowest BCUT2D eigenvalue weighted by molar-refractivity contribution is 0.516. The van der Waals surface area contributed by atoms with Crippen LogP contribution >= 0.6 is 11.9 Å². The van der Waals surface area contributed by atoms with E-state index in [2.05, 4.69) is 35.1 Å². The van der Waals surface area contributed by atoms with Gasteiger partial charge in [0, 0.05) is 17.5 Å². The third kappa shape index (κ3) is 4.39. The quantitative estimate of drug-likeness (QED) is 0.786. The van der Waals surface area contributed by atoms with Crippen molar-refractivity contribution in [3.05, 3.63) is 35.9 Å². The van der Waals surface area contributed by atoms with Crippen molar-refractivity contribution in [2.45, 2.75) is 37.4 Å². The first kappa shape index (κ1) is 13.5. The van der Waals surface area contributed by atoms with E-state index < -0.39 is 0 Å². The number of hydrogen-bond donors (Lipinski definition) is 2. The zero-order valence-electron chi connectivity index (χ0n) is 10.8. The summed E-state index contributed by atoms with van der Waals surface area (Å²) < 4.78 is 3.48. The maximum absolute atomic E-state index is 5.46. The van der Waals surface area contributed by atoms with E-state index in [0.29, 0.717) is 6.54 Å². The van der Waals surface area contributed by atoms with Crippen molar-refractivity contribution in [1.29, 1.82) is 0 Å². The Hall–Kier alpha value is -0.930. The van der Waals surface area contributed by atoms with Gasteiger partial charge in [0.25, 0.3) is 0 Å². The minimum Gasteiger partial charge on any atom is -0.330 e. The van der Waals surface area contributed by atoms with E-state index in [-0.39, 0.29) is 0 Å². The Kier molecular flexibility index (Phi) is 5.62. The molecule has 1 aromatic carbocycles. The Labute approximate surface area is 114 Å². The summed E-state index contributed by atoms with van der Waals surface area (Å²) in [5.74, 6) is 0. The second-order valence-electron chi connectivity index (χ2n) is 4.74. The summed E-state index contributed by atoms with van der Waals surface area (Å²) in [6.45, 7) is 0.592. The first-order valence-electron chi connectivity index (χ1n) is 6.77. The number of anilines is 1. The molecule has 1 fully saturated rings. The molecular formula is C15H22N2S. The van der Waals surface area contributed by atoms with Crippen molar-refractivity contribution in [3.8, 4) is 0 Å². The maximum atomic E-state index is 5.46. The summed E-state index contributed by atoms with van der Waals surface area (Å²) in [6, 6.07) is 8.47. The molecule has 0 amide bonds. The van der Waals surface area contributed by atoms with Crippen LogP contribution in [0.4, 0.5) is 5.69 Å². The van der Waals surface area contributed by atoms with Gasteiger partial charge in [-0.15, -0.1) is 0 Å². The van der Waals surface area contributed by atoms with Crippen molar-refractivity contribution < 1.29 is 0 Å². The Balaban J connectivity index is 1.86. The molecule has 0 heterocycles. The third-order valence-electron chi connectivity index (χ3n) is 3.23. The Bertz CT molecular complexity index is 384. The molecule has 1 aliphatic carbocycles. The van der Waals surface area contributed by atoms with Crippen LogP contribution in [0.15, 0.2) is 30.3 Å². The van der Waals surface area contributed by atoms with Gasteiger partial charge < -0.3 is 10.5 Å².